The van der Waals surface area contributed by atoms with E-state index in [0.717, 1.165) is 18.2 Å². The van der Waals surface area contributed by atoms with Crippen molar-refractivity contribution in [2.45, 2.75) is 11.1 Å². The molecule has 0 unspecified atom stereocenters. The minimum Gasteiger partial charge on any atom is -0.493 e. The number of halogens is 3. The molecule has 0 amide bonds. The first-order chi connectivity index (χ1) is 12.1. The fourth-order valence-corrected chi connectivity index (χ4v) is 3.22. The highest BCUT2D eigenvalue weighted by atomic mass is 32.2. The van der Waals surface area contributed by atoms with E-state index in [2.05, 4.69) is 4.72 Å². The van der Waals surface area contributed by atoms with Crippen molar-refractivity contribution in [3.63, 3.8) is 0 Å². The monoisotopic (exact) mass is 386 g/mol. The van der Waals surface area contributed by atoms with Crippen molar-refractivity contribution in [1.29, 1.82) is 5.26 Å². The highest BCUT2D eigenvalue weighted by Crippen LogP contribution is 2.35. The maximum atomic E-state index is 12.8. The van der Waals surface area contributed by atoms with Crippen LogP contribution in [0.3, 0.4) is 0 Å². The number of nitrogens with zero attached hydrogens (tertiary/aromatic N) is 1. The molecule has 0 bridgehead atoms. The smallest absolute Gasteiger partial charge is 0.416 e. The number of alkyl halides is 3. The van der Waals surface area contributed by atoms with Gasteiger partial charge in [-0.25, -0.2) is 8.42 Å². The average Bonchev–Trinajstić information content (AvgIpc) is 2.60. The lowest BCUT2D eigenvalue weighted by Gasteiger charge is -2.14. The second-order valence-corrected chi connectivity index (χ2v) is 6.68. The van der Waals surface area contributed by atoms with Crippen LogP contribution in [0.15, 0.2) is 41.3 Å². The predicted octanol–water partition coefficient (Wildman–Crippen LogP) is 3.40. The van der Waals surface area contributed by atoms with Crippen molar-refractivity contribution in [1.82, 2.24) is 0 Å². The number of sulfonamides is 1. The molecule has 26 heavy (non-hydrogen) atoms. The zero-order chi connectivity index (χ0) is 19.5. The number of hydrogen-bond donors (Lipinski definition) is 1. The third-order valence-corrected chi connectivity index (χ3v) is 4.72. The SMILES string of the molecule is COc1cc(C#N)c(NS(=O)(=O)c2cccc(C(F)(F)F)c2)cc1OC. The Morgan fingerprint density at radius 2 is 1.69 bits per heavy atom. The molecular weight excluding hydrogens is 373 g/mol. The number of ether oxygens (including phenoxy) is 2. The molecule has 0 radical (unpaired) electrons. The van der Waals surface area contributed by atoms with E-state index in [0.29, 0.717) is 6.07 Å². The molecule has 10 heteroatoms. The van der Waals surface area contributed by atoms with Crippen LogP contribution in [0.1, 0.15) is 11.1 Å². The van der Waals surface area contributed by atoms with Crippen LogP contribution in [-0.2, 0) is 16.2 Å². The second kappa shape index (κ2) is 7.13. The predicted molar refractivity (Wildman–Crippen MR) is 86.5 cm³/mol. The van der Waals surface area contributed by atoms with Crippen molar-refractivity contribution in [2.75, 3.05) is 18.9 Å². The molecule has 2 aromatic rings. The topological polar surface area (TPSA) is 88.4 Å². The number of methoxy groups -OCH3 is 2. The Balaban J connectivity index is 2.49. The molecule has 0 spiro atoms. The van der Waals surface area contributed by atoms with Crippen molar-refractivity contribution < 1.29 is 31.1 Å². The maximum Gasteiger partial charge on any atom is 0.416 e. The molecule has 0 saturated carbocycles. The summed E-state index contributed by atoms with van der Waals surface area (Å²) in [6, 6.07) is 7.52. The van der Waals surface area contributed by atoms with E-state index in [-0.39, 0.29) is 22.7 Å². The number of anilines is 1. The summed E-state index contributed by atoms with van der Waals surface area (Å²) in [4.78, 5) is -0.592. The molecule has 2 rings (SSSR count). The van der Waals surface area contributed by atoms with Crippen molar-refractivity contribution in [2.24, 2.45) is 0 Å². The highest BCUT2D eigenvalue weighted by molar-refractivity contribution is 7.92. The van der Waals surface area contributed by atoms with Crippen LogP contribution in [0.2, 0.25) is 0 Å². The molecule has 0 aromatic heterocycles. The molecule has 138 valence electrons. The number of nitriles is 1. The fraction of sp³-hybridized carbons (Fsp3) is 0.188. The summed E-state index contributed by atoms with van der Waals surface area (Å²) in [5.74, 6) is 0.347. The van der Waals surface area contributed by atoms with Gasteiger partial charge in [-0.1, -0.05) is 6.07 Å². The van der Waals surface area contributed by atoms with Crippen molar-refractivity contribution in [3.8, 4) is 17.6 Å². The first kappa shape index (κ1) is 19.4. The Hall–Kier alpha value is -2.93. The van der Waals surface area contributed by atoms with Gasteiger partial charge >= 0.3 is 6.18 Å². The molecule has 2 aromatic carbocycles. The minimum atomic E-state index is -4.69. The summed E-state index contributed by atoms with van der Waals surface area (Å²) in [5, 5.41) is 9.19. The van der Waals surface area contributed by atoms with Crippen LogP contribution in [0, 0.1) is 11.3 Å². The third kappa shape index (κ3) is 4.00. The van der Waals surface area contributed by atoms with E-state index in [1.165, 1.54) is 26.4 Å². The van der Waals surface area contributed by atoms with E-state index in [4.69, 9.17) is 9.47 Å². The van der Waals surface area contributed by atoms with E-state index in [1.807, 2.05) is 0 Å². The normalized spacial score (nSPS) is 11.5. The molecular formula is C16H13F3N2O4S. The molecule has 6 nitrogen and oxygen atoms in total. The lowest BCUT2D eigenvalue weighted by atomic mass is 10.2. The maximum absolute atomic E-state index is 12.8. The van der Waals surface area contributed by atoms with Crippen LogP contribution in [-0.4, -0.2) is 22.6 Å². The van der Waals surface area contributed by atoms with Crippen LogP contribution < -0.4 is 14.2 Å². The van der Waals surface area contributed by atoms with Gasteiger partial charge in [-0.3, -0.25) is 4.72 Å². The summed E-state index contributed by atoms with van der Waals surface area (Å²) in [7, 11) is -1.72. The summed E-state index contributed by atoms with van der Waals surface area (Å²) in [6.07, 6.45) is -4.69. The van der Waals surface area contributed by atoms with Crippen molar-refractivity contribution in [3.05, 3.63) is 47.5 Å². The summed E-state index contributed by atoms with van der Waals surface area (Å²) in [5.41, 5.74) is -1.34. The quantitative estimate of drug-likeness (QED) is 0.851. The molecule has 0 aliphatic rings. The van der Waals surface area contributed by atoms with Crippen LogP contribution in [0.4, 0.5) is 18.9 Å². The van der Waals surface area contributed by atoms with Gasteiger partial charge in [0.05, 0.1) is 35.9 Å². The average molecular weight is 386 g/mol. The van der Waals surface area contributed by atoms with Gasteiger partial charge in [0.2, 0.25) is 0 Å². The van der Waals surface area contributed by atoms with E-state index < -0.39 is 26.7 Å². The number of hydrogen-bond acceptors (Lipinski definition) is 5. The van der Waals surface area contributed by atoms with Gasteiger partial charge in [-0.15, -0.1) is 0 Å². The standard InChI is InChI=1S/C16H13F3N2O4S/c1-24-14-6-10(9-20)13(8-15(14)25-2)21-26(22,23)12-5-3-4-11(7-12)16(17,18)19/h3-8,21H,1-2H3. The molecule has 0 fully saturated rings. The first-order valence-electron chi connectivity index (χ1n) is 6.98. The third-order valence-electron chi connectivity index (χ3n) is 3.36. The Bertz CT molecular complexity index is 966. The molecule has 0 aliphatic heterocycles. The molecule has 0 heterocycles. The Kier molecular flexibility index (Phi) is 5.32. The van der Waals surface area contributed by atoms with E-state index >= 15 is 0 Å². The highest BCUT2D eigenvalue weighted by Gasteiger charge is 2.31. The number of nitrogens with one attached hydrogen (secondary N) is 1. The van der Waals surface area contributed by atoms with Gasteiger partial charge < -0.3 is 9.47 Å². The molecule has 0 saturated heterocycles. The Morgan fingerprint density at radius 3 is 2.23 bits per heavy atom. The molecule has 0 aliphatic carbocycles. The molecule has 1 N–H and O–H groups in total. The first-order valence-corrected chi connectivity index (χ1v) is 8.47. The van der Waals surface area contributed by atoms with E-state index in [1.54, 1.807) is 6.07 Å². The van der Waals surface area contributed by atoms with E-state index in [9.17, 15) is 26.9 Å². The minimum absolute atomic E-state index is 0.0850. The molecule has 0 atom stereocenters. The van der Waals surface area contributed by atoms with Gasteiger partial charge in [-0.2, -0.15) is 18.4 Å². The lowest BCUT2D eigenvalue weighted by Crippen LogP contribution is -2.15. The zero-order valence-electron chi connectivity index (χ0n) is 13.6. The second-order valence-electron chi connectivity index (χ2n) is 5.00. The van der Waals surface area contributed by atoms with Crippen LogP contribution in [0.5, 0.6) is 11.5 Å². The van der Waals surface area contributed by atoms with Gasteiger partial charge in [0, 0.05) is 12.1 Å². The Morgan fingerprint density at radius 1 is 1.08 bits per heavy atom. The number of benzene rings is 2. The summed E-state index contributed by atoms with van der Waals surface area (Å²) >= 11 is 0. The largest absolute Gasteiger partial charge is 0.493 e. The lowest BCUT2D eigenvalue weighted by molar-refractivity contribution is -0.137. The fourth-order valence-electron chi connectivity index (χ4n) is 2.10. The summed E-state index contributed by atoms with van der Waals surface area (Å²) < 4.78 is 75.4. The van der Waals surface area contributed by atoms with Crippen molar-refractivity contribution >= 4 is 15.7 Å². The van der Waals surface area contributed by atoms with Gasteiger partial charge in [0.15, 0.2) is 11.5 Å². The van der Waals surface area contributed by atoms with Crippen LogP contribution in [0.25, 0.3) is 0 Å². The zero-order valence-corrected chi connectivity index (χ0v) is 14.4. The number of rotatable bonds is 5. The van der Waals surface area contributed by atoms with Crippen LogP contribution >= 0.6 is 0 Å². The van der Waals surface area contributed by atoms with Gasteiger partial charge in [0.1, 0.15) is 6.07 Å². The Labute approximate surface area is 147 Å². The van der Waals surface area contributed by atoms with Gasteiger partial charge in [0.25, 0.3) is 10.0 Å². The summed E-state index contributed by atoms with van der Waals surface area (Å²) in [6.45, 7) is 0. The van der Waals surface area contributed by atoms with Gasteiger partial charge in [-0.05, 0) is 18.2 Å².